The molecule has 2 aromatic rings. The van der Waals surface area contributed by atoms with Gasteiger partial charge in [0.05, 0.1) is 5.52 Å². The first kappa shape index (κ1) is 11.5. The third-order valence-corrected chi connectivity index (χ3v) is 3.92. The van der Waals surface area contributed by atoms with Gasteiger partial charge in [-0.2, -0.15) is 0 Å². The lowest BCUT2D eigenvalue weighted by Crippen LogP contribution is -2.08. The Hall–Kier alpha value is -1.64. The van der Waals surface area contributed by atoms with Crippen LogP contribution in [0.25, 0.3) is 10.9 Å². The number of pyridine rings is 1. The molecule has 0 bridgehead atoms. The summed E-state index contributed by atoms with van der Waals surface area (Å²) < 4.78 is 13.3. The maximum Gasteiger partial charge on any atom is 0.189 e. The monoisotopic (exact) mass is 245 g/mol. The normalized spacial score (nSPS) is 16.6. The summed E-state index contributed by atoms with van der Waals surface area (Å²) in [6, 6.07) is 4.44. The molecule has 18 heavy (non-hydrogen) atoms. The predicted octanol–water partition coefficient (Wildman–Crippen LogP) is 3.63. The van der Waals surface area contributed by atoms with Crippen molar-refractivity contribution in [1.29, 1.82) is 0 Å². The van der Waals surface area contributed by atoms with Gasteiger partial charge in [-0.15, -0.1) is 0 Å². The highest BCUT2D eigenvalue weighted by Crippen LogP contribution is 2.33. The third-order valence-electron chi connectivity index (χ3n) is 3.92. The van der Waals surface area contributed by atoms with E-state index in [9.17, 15) is 9.18 Å². The molecule has 1 aromatic carbocycles. The molecule has 1 N–H and O–H groups in total. The Bertz CT molecular complexity index is 653. The fourth-order valence-electron chi connectivity index (χ4n) is 2.96. The summed E-state index contributed by atoms with van der Waals surface area (Å²) in [5.41, 5.74) is 2.51. The molecule has 0 aliphatic heterocycles. The van der Waals surface area contributed by atoms with Crippen molar-refractivity contribution in [1.82, 2.24) is 4.98 Å². The van der Waals surface area contributed by atoms with Gasteiger partial charge >= 0.3 is 0 Å². The molecule has 1 fully saturated rings. The van der Waals surface area contributed by atoms with Gasteiger partial charge in [0.15, 0.2) is 5.43 Å². The zero-order valence-corrected chi connectivity index (χ0v) is 10.4. The Morgan fingerprint density at radius 1 is 1.22 bits per heavy atom. The molecular formula is C15H16FNO. The summed E-state index contributed by atoms with van der Waals surface area (Å²) in [6.07, 6.45) is 4.74. The molecular weight excluding hydrogens is 229 g/mol. The second-order valence-corrected chi connectivity index (χ2v) is 5.22. The van der Waals surface area contributed by atoms with Crippen LogP contribution in [0, 0.1) is 12.7 Å². The Labute approximate surface area is 105 Å². The summed E-state index contributed by atoms with van der Waals surface area (Å²) in [6.45, 7) is 1.83. The minimum absolute atomic E-state index is 0.0757. The first-order valence-corrected chi connectivity index (χ1v) is 6.48. The molecule has 0 amide bonds. The fraction of sp³-hybridized carbons (Fsp3) is 0.400. The number of aromatic amines is 1. The fourth-order valence-corrected chi connectivity index (χ4v) is 2.96. The Kier molecular flexibility index (Phi) is 2.69. The smallest absolute Gasteiger partial charge is 0.189 e. The van der Waals surface area contributed by atoms with Gasteiger partial charge in [-0.1, -0.05) is 12.8 Å². The number of H-pyrrole nitrogens is 1. The second-order valence-electron chi connectivity index (χ2n) is 5.22. The van der Waals surface area contributed by atoms with Crippen molar-refractivity contribution < 1.29 is 4.39 Å². The van der Waals surface area contributed by atoms with E-state index in [4.69, 9.17) is 0 Å². The number of rotatable bonds is 1. The van der Waals surface area contributed by atoms with Crippen LogP contribution < -0.4 is 5.43 Å². The van der Waals surface area contributed by atoms with Crippen LogP contribution in [-0.4, -0.2) is 4.98 Å². The van der Waals surface area contributed by atoms with Crippen molar-refractivity contribution in [3.05, 3.63) is 45.5 Å². The molecule has 0 radical (unpaired) electrons. The number of hydrogen-bond acceptors (Lipinski definition) is 1. The van der Waals surface area contributed by atoms with Gasteiger partial charge in [0.1, 0.15) is 5.82 Å². The highest BCUT2D eigenvalue weighted by atomic mass is 19.1. The third kappa shape index (κ3) is 1.84. The van der Waals surface area contributed by atoms with Gasteiger partial charge in [0.2, 0.25) is 0 Å². The molecule has 1 aliphatic carbocycles. The predicted molar refractivity (Wildman–Crippen MR) is 70.5 cm³/mol. The van der Waals surface area contributed by atoms with E-state index in [-0.39, 0.29) is 11.2 Å². The maximum atomic E-state index is 13.3. The SMILES string of the molecule is Cc1cc(F)cc2c(=O)cc(C3CCCC3)[nH]c12. The average molecular weight is 245 g/mol. The first-order valence-electron chi connectivity index (χ1n) is 6.48. The van der Waals surface area contributed by atoms with E-state index in [0.717, 1.165) is 29.6 Å². The van der Waals surface area contributed by atoms with Gasteiger partial charge in [0, 0.05) is 17.1 Å². The molecule has 1 aliphatic rings. The van der Waals surface area contributed by atoms with Crippen LogP contribution in [0.3, 0.4) is 0 Å². The molecule has 0 spiro atoms. The summed E-state index contributed by atoms with van der Waals surface area (Å²) >= 11 is 0. The van der Waals surface area contributed by atoms with E-state index in [2.05, 4.69) is 4.98 Å². The Morgan fingerprint density at radius 2 is 1.94 bits per heavy atom. The van der Waals surface area contributed by atoms with Crippen LogP contribution in [0.15, 0.2) is 23.0 Å². The Balaban J connectivity index is 2.23. The van der Waals surface area contributed by atoms with E-state index in [1.54, 1.807) is 6.07 Å². The molecule has 94 valence electrons. The lowest BCUT2D eigenvalue weighted by molar-refractivity contribution is 0.628. The van der Waals surface area contributed by atoms with Crippen LogP contribution >= 0.6 is 0 Å². The highest BCUT2D eigenvalue weighted by molar-refractivity contribution is 5.81. The van der Waals surface area contributed by atoms with Crippen LogP contribution in [0.1, 0.15) is 42.9 Å². The minimum atomic E-state index is -0.348. The van der Waals surface area contributed by atoms with Gasteiger partial charge in [-0.3, -0.25) is 4.79 Å². The van der Waals surface area contributed by atoms with E-state index in [0.29, 0.717) is 11.3 Å². The van der Waals surface area contributed by atoms with Crippen LogP contribution in [0.5, 0.6) is 0 Å². The van der Waals surface area contributed by atoms with Crippen molar-refractivity contribution in [3.8, 4) is 0 Å². The molecule has 3 heteroatoms. The molecule has 0 atom stereocenters. The zero-order valence-electron chi connectivity index (χ0n) is 10.4. The lowest BCUT2D eigenvalue weighted by atomic mass is 10.0. The van der Waals surface area contributed by atoms with Gasteiger partial charge < -0.3 is 4.98 Å². The summed E-state index contributed by atoms with van der Waals surface area (Å²) in [4.78, 5) is 15.4. The van der Waals surface area contributed by atoms with E-state index in [1.807, 2.05) is 6.92 Å². The number of nitrogens with one attached hydrogen (secondary N) is 1. The van der Waals surface area contributed by atoms with Crippen molar-refractivity contribution in [2.24, 2.45) is 0 Å². The van der Waals surface area contributed by atoms with E-state index in [1.165, 1.54) is 25.0 Å². The van der Waals surface area contributed by atoms with Crippen LogP contribution in [0.2, 0.25) is 0 Å². The summed E-state index contributed by atoms with van der Waals surface area (Å²) in [5, 5.41) is 0.453. The van der Waals surface area contributed by atoms with Crippen molar-refractivity contribution in [2.75, 3.05) is 0 Å². The number of fused-ring (bicyclic) bond motifs is 1. The van der Waals surface area contributed by atoms with Crippen LogP contribution in [-0.2, 0) is 0 Å². The van der Waals surface area contributed by atoms with Crippen molar-refractivity contribution in [2.45, 2.75) is 38.5 Å². The molecule has 3 rings (SSSR count). The number of aryl methyl sites for hydroxylation is 1. The number of halogens is 1. The molecule has 0 unspecified atom stereocenters. The van der Waals surface area contributed by atoms with Gasteiger partial charge in [-0.05, 0) is 43.4 Å². The topological polar surface area (TPSA) is 32.9 Å². The summed E-state index contributed by atoms with van der Waals surface area (Å²) in [5.74, 6) is 0.116. The van der Waals surface area contributed by atoms with E-state index < -0.39 is 0 Å². The second kappa shape index (κ2) is 4.23. The Morgan fingerprint density at radius 3 is 2.67 bits per heavy atom. The maximum absolute atomic E-state index is 13.3. The van der Waals surface area contributed by atoms with Crippen LogP contribution in [0.4, 0.5) is 4.39 Å². The molecule has 1 aromatic heterocycles. The summed E-state index contributed by atoms with van der Waals surface area (Å²) in [7, 11) is 0. The number of aromatic nitrogens is 1. The van der Waals surface area contributed by atoms with Crippen molar-refractivity contribution >= 4 is 10.9 Å². The quantitative estimate of drug-likeness (QED) is 0.817. The van der Waals surface area contributed by atoms with Gasteiger partial charge in [0.25, 0.3) is 0 Å². The lowest BCUT2D eigenvalue weighted by Gasteiger charge is -2.12. The first-order chi connectivity index (χ1) is 8.65. The largest absolute Gasteiger partial charge is 0.358 e. The molecule has 0 saturated heterocycles. The molecule has 1 heterocycles. The number of hydrogen-bond donors (Lipinski definition) is 1. The molecule has 1 saturated carbocycles. The average Bonchev–Trinajstić information content (AvgIpc) is 2.83. The van der Waals surface area contributed by atoms with Gasteiger partial charge in [-0.25, -0.2) is 4.39 Å². The number of benzene rings is 1. The van der Waals surface area contributed by atoms with E-state index >= 15 is 0 Å². The zero-order chi connectivity index (χ0) is 12.7. The standard InChI is InChI=1S/C15H16FNO/c1-9-6-11(16)7-12-14(18)8-13(17-15(9)12)10-4-2-3-5-10/h6-8,10H,2-5H2,1H3,(H,17,18). The van der Waals surface area contributed by atoms with Crippen molar-refractivity contribution in [3.63, 3.8) is 0 Å². The highest BCUT2D eigenvalue weighted by Gasteiger charge is 2.19. The molecule has 2 nitrogen and oxygen atoms in total. The minimum Gasteiger partial charge on any atom is -0.358 e.